The molecule has 1 atom stereocenters. The van der Waals surface area contributed by atoms with Gasteiger partial charge < -0.3 is 14.9 Å². The SMILES string of the molecule is CCC(CC)c1cc(C)n2nc(-c3ccc(OC(F)(F)F)cc3Cl)n(C[C@H](O)CO)c(=O)c12. The number of halogens is 4. The summed E-state index contributed by atoms with van der Waals surface area (Å²) in [6.45, 7) is 4.96. The number of nitrogens with zero attached hydrogens (tertiary/aromatic N) is 3. The molecule has 0 radical (unpaired) electrons. The van der Waals surface area contributed by atoms with Crippen molar-refractivity contribution in [3.63, 3.8) is 0 Å². The maximum atomic E-state index is 13.6. The Kier molecular flexibility index (Phi) is 7.40. The summed E-state index contributed by atoms with van der Waals surface area (Å²) in [6.07, 6.45) is -4.53. The summed E-state index contributed by atoms with van der Waals surface area (Å²) in [4.78, 5) is 13.6. The van der Waals surface area contributed by atoms with Gasteiger partial charge in [0.25, 0.3) is 5.56 Å². The largest absolute Gasteiger partial charge is 0.573 e. The minimum Gasteiger partial charge on any atom is -0.406 e. The van der Waals surface area contributed by atoms with Crippen molar-refractivity contribution in [1.82, 2.24) is 14.2 Å². The molecule has 2 aromatic heterocycles. The molecule has 33 heavy (non-hydrogen) atoms. The van der Waals surface area contributed by atoms with E-state index in [-0.39, 0.29) is 28.9 Å². The quantitative estimate of drug-likeness (QED) is 0.495. The van der Waals surface area contributed by atoms with Crippen LogP contribution in [-0.4, -0.2) is 43.5 Å². The Morgan fingerprint density at radius 1 is 1.21 bits per heavy atom. The summed E-state index contributed by atoms with van der Waals surface area (Å²) in [7, 11) is 0. The van der Waals surface area contributed by atoms with Crippen LogP contribution in [0.1, 0.15) is 43.9 Å². The first-order valence-electron chi connectivity index (χ1n) is 10.5. The van der Waals surface area contributed by atoms with E-state index in [1.807, 2.05) is 19.9 Å². The molecule has 0 aliphatic heterocycles. The van der Waals surface area contributed by atoms with Crippen molar-refractivity contribution in [3.8, 4) is 17.1 Å². The van der Waals surface area contributed by atoms with Crippen LogP contribution < -0.4 is 10.3 Å². The van der Waals surface area contributed by atoms with E-state index >= 15 is 0 Å². The van der Waals surface area contributed by atoms with Gasteiger partial charge in [-0.1, -0.05) is 25.4 Å². The summed E-state index contributed by atoms with van der Waals surface area (Å²) < 4.78 is 44.3. The van der Waals surface area contributed by atoms with Crippen molar-refractivity contribution in [2.45, 2.75) is 58.5 Å². The van der Waals surface area contributed by atoms with Gasteiger partial charge >= 0.3 is 6.36 Å². The van der Waals surface area contributed by atoms with Crippen LogP contribution in [0.5, 0.6) is 5.75 Å². The third-order valence-electron chi connectivity index (χ3n) is 5.53. The van der Waals surface area contributed by atoms with E-state index in [0.29, 0.717) is 11.2 Å². The molecule has 0 saturated carbocycles. The van der Waals surface area contributed by atoms with Crippen molar-refractivity contribution in [1.29, 1.82) is 0 Å². The molecule has 0 aliphatic carbocycles. The first-order valence-corrected chi connectivity index (χ1v) is 10.9. The van der Waals surface area contributed by atoms with Gasteiger partial charge in [-0.2, -0.15) is 0 Å². The van der Waals surface area contributed by atoms with Crippen molar-refractivity contribution in [3.05, 3.63) is 50.9 Å². The van der Waals surface area contributed by atoms with Crippen molar-refractivity contribution in [2.24, 2.45) is 0 Å². The zero-order valence-electron chi connectivity index (χ0n) is 18.4. The molecule has 1 aromatic carbocycles. The summed E-state index contributed by atoms with van der Waals surface area (Å²) in [6, 6.07) is 5.20. The zero-order chi connectivity index (χ0) is 24.5. The van der Waals surface area contributed by atoms with Crippen LogP contribution in [0.15, 0.2) is 29.1 Å². The number of aliphatic hydroxyl groups is 2. The molecular formula is C22H25ClF3N3O4. The van der Waals surface area contributed by atoms with Gasteiger partial charge in [0.05, 0.1) is 24.3 Å². The molecule has 2 N–H and O–H groups in total. The van der Waals surface area contributed by atoms with Gasteiger partial charge in [-0.3, -0.25) is 9.36 Å². The molecule has 0 aliphatic rings. The lowest BCUT2D eigenvalue weighted by Crippen LogP contribution is -2.32. The van der Waals surface area contributed by atoms with E-state index in [4.69, 9.17) is 11.6 Å². The molecule has 3 aromatic rings. The number of aromatic nitrogens is 3. The summed E-state index contributed by atoms with van der Waals surface area (Å²) in [5.74, 6) is -0.360. The van der Waals surface area contributed by atoms with Crippen LogP contribution in [0, 0.1) is 6.92 Å². The van der Waals surface area contributed by atoms with E-state index in [1.165, 1.54) is 15.1 Å². The van der Waals surface area contributed by atoms with Crippen LogP contribution in [0.2, 0.25) is 5.02 Å². The summed E-state index contributed by atoms with van der Waals surface area (Å²) >= 11 is 6.26. The van der Waals surface area contributed by atoms with Crippen LogP contribution in [0.3, 0.4) is 0 Å². The van der Waals surface area contributed by atoms with E-state index in [9.17, 15) is 28.2 Å². The van der Waals surface area contributed by atoms with E-state index in [0.717, 1.165) is 30.5 Å². The Balaban J connectivity index is 2.28. The van der Waals surface area contributed by atoms with Crippen LogP contribution in [-0.2, 0) is 6.54 Å². The number of hydrogen-bond donors (Lipinski definition) is 2. The van der Waals surface area contributed by atoms with Crippen molar-refractivity contribution >= 4 is 17.1 Å². The Morgan fingerprint density at radius 2 is 1.88 bits per heavy atom. The molecule has 0 bridgehead atoms. The number of alkyl halides is 3. The van der Waals surface area contributed by atoms with Gasteiger partial charge in [0.15, 0.2) is 5.82 Å². The van der Waals surface area contributed by atoms with Gasteiger partial charge in [0.1, 0.15) is 11.3 Å². The molecule has 180 valence electrons. The summed E-state index contributed by atoms with van der Waals surface area (Å²) in [5, 5.41) is 23.9. The fraction of sp³-hybridized carbons (Fsp3) is 0.455. The standard InChI is InChI=1S/C22H25ClF3N3O4/c1-4-13(5-2)17-8-12(3)29-19(17)21(32)28(10-14(31)11-30)20(27-29)16-7-6-15(9-18(16)23)33-22(24,25)26/h6-9,13-14,30-31H,4-5,10-11H2,1-3H3/t14-/m0/s1. The maximum Gasteiger partial charge on any atom is 0.573 e. The van der Waals surface area contributed by atoms with Gasteiger partial charge in [-0.05, 0) is 55.5 Å². The fourth-order valence-electron chi connectivity index (χ4n) is 3.92. The molecular weight excluding hydrogens is 463 g/mol. The van der Waals surface area contributed by atoms with Gasteiger partial charge in [0.2, 0.25) is 0 Å². The molecule has 7 nitrogen and oxygen atoms in total. The second-order valence-corrected chi connectivity index (χ2v) is 8.19. The third kappa shape index (κ3) is 5.18. The Bertz CT molecular complexity index is 1200. The Morgan fingerprint density at radius 3 is 2.42 bits per heavy atom. The first kappa shape index (κ1) is 25.1. The highest BCUT2D eigenvalue weighted by Crippen LogP contribution is 2.33. The number of aliphatic hydroxyl groups excluding tert-OH is 2. The topological polar surface area (TPSA) is 89.0 Å². The third-order valence-corrected chi connectivity index (χ3v) is 5.84. The average molecular weight is 488 g/mol. The molecule has 0 amide bonds. The second-order valence-electron chi connectivity index (χ2n) is 7.78. The predicted octanol–water partition coefficient (Wildman–Crippen LogP) is 4.28. The van der Waals surface area contributed by atoms with Crippen LogP contribution >= 0.6 is 11.6 Å². The Hall–Kier alpha value is -2.56. The molecule has 0 unspecified atom stereocenters. The number of aryl methyl sites for hydroxylation is 1. The first-order chi connectivity index (χ1) is 15.5. The number of rotatable bonds is 8. The lowest BCUT2D eigenvalue weighted by Gasteiger charge is -2.18. The molecule has 0 saturated heterocycles. The lowest BCUT2D eigenvalue weighted by atomic mass is 9.95. The molecule has 3 rings (SSSR count). The van der Waals surface area contributed by atoms with E-state index in [2.05, 4.69) is 9.84 Å². The molecule has 0 spiro atoms. The normalized spacial score (nSPS) is 13.2. The average Bonchev–Trinajstić information content (AvgIpc) is 3.06. The Labute approximate surface area is 193 Å². The van der Waals surface area contributed by atoms with Crippen LogP contribution in [0.25, 0.3) is 16.9 Å². The number of fused-ring (bicyclic) bond motifs is 1. The van der Waals surface area contributed by atoms with Gasteiger partial charge in [-0.15, -0.1) is 18.3 Å². The second kappa shape index (κ2) is 9.74. The molecule has 0 fully saturated rings. The van der Waals surface area contributed by atoms with E-state index in [1.54, 1.807) is 6.92 Å². The van der Waals surface area contributed by atoms with Gasteiger partial charge in [-0.25, -0.2) is 4.52 Å². The van der Waals surface area contributed by atoms with Crippen molar-refractivity contribution in [2.75, 3.05) is 6.61 Å². The number of benzene rings is 1. The minimum absolute atomic E-state index is 0.0401. The molecule has 2 heterocycles. The summed E-state index contributed by atoms with van der Waals surface area (Å²) in [5.41, 5.74) is 1.60. The van der Waals surface area contributed by atoms with Gasteiger partial charge in [0, 0.05) is 11.3 Å². The monoisotopic (exact) mass is 487 g/mol. The van der Waals surface area contributed by atoms with Crippen molar-refractivity contribution < 1.29 is 28.1 Å². The highest BCUT2D eigenvalue weighted by atomic mass is 35.5. The highest BCUT2D eigenvalue weighted by Gasteiger charge is 2.31. The predicted molar refractivity (Wildman–Crippen MR) is 118 cm³/mol. The lowest BCUT2D eigenvalue weighted by molar-refractivity contribution is -0.274. The smallest absolute Gasteiger partial charge is 0.406 e. The fourth-order valence-corrected chi connectivity index (χ4v) is 4.18. The zero-order valence-corrected chi connectivity index (χ0v) is 19.1. The molecule has 11 heteroatoms. The maximum absolute atomic E-state index is 13.6. The minimum atomic E-state index is -4.89. The number of hydrogen-bond acceptors (Lipinski definition) is 5. The highest BCUT2D eigenvalue weighted by molar-refractivity contribution is 6.33. The number of ether oxygens (including phenoxy) is 1. The van der Waals surface area contributed by atoms with E-state index < -0.39 is 30.4 Å². The van der Waals surface area contributed by atoms with Crippen LogP contribution in [0.4, 0.5) is 13.2 Å².